The summed E-state index contributed by atoms with van der Waals surface area (Å²) in [5, 5.41) is 22.9. The van der Waals surface area contributed by atoms with Gasteiger partial charge in [-0.25, -0.2) is 4.79 Å². The molecule has 4 atom stereocenters. The Bertz CT molecular complexity index is 1030. The summed E-state index contributed by atoms with van der Waals surface area (Å²) in [5.74, 6) is 0.109. The number of aliphatic hydroxyl groups is 2. The van der Waals surface area contributed by atoms with E-state index in [1.807, 2.05) is 26.8 Å². The third-order valence-corrected chi connectivity index (χ3v) is 7.18. The first-order valence-electron chi connectivity index (χ1n) is 11.6. The monoisotopic (exact) mass is 460 g/mol. The zero-order valence-corrected chi connectivity index (χ0v) is 20.2. The Morgan fingerprint density at radius 1 is 1.21 bits per heavy atom. The molecule has 2 aromatic rings. The van der Waals surface area contributed by atoms with Gasteiger partial charge in [-0.2, -0.15) is 0 Å². The van der Waals surface area contributed by atoms with Crippen LogP contribution in [0.15, 0.2) is 39.5 Å². The lowest BCUT2D eigenvalue weighted by atomic mass is 9.58. The van der Waals surface area contributed by atoms with Crippen LogP contribution in [-0.4, -0.2) is 40.1 Å². The minimum Gasteiger partial charge on any atom is -0.493 e. The molecule has 7 heteroatoms. The second kappa shape index (κ2) is 9.47. The van der Waals surface area contributed by atoms with Crippen molar-refractivity contribution >= 4 is 16.9 Å². The highest BCUT2D eigenvalue weighted by molar-refractivity contribution is 5.77. The van der Waals surface area contributed by atoms with Crippen LogP contribution >= 0.6 is 0 Å². The fourth-order valence-corrected chi connectivity index (χ4v) is 5.19. The number of esters is 1. The summed E-state index contributed by atoms with van der Waals surface area (Å²) in [6, 6.07) is 8.36. The first kappa shape index (κ1) is 25.2. The number of fused-ring (bicyclic) bond motifs is 1. The van der Waals surface area contributed by atoms with Gasteiger partial charge in [0.05, 0.1) is 17.8 Å². The van der Waals surface area contributed by atoms with Gasteiger partial charge in [-0.05, 0) is 63.6 Å². The van der Waals surface area contributed by atoms with E-state index in [4.69, 9.17) is 13.9 Å². The Morgan fingerprint density at radius 3 is 2.61 bits per heavy atom. The molecule has 0 unspecified atom stereocenters. The van der Waals surface area contributed by atoms with E-state index in [1.165, 1.54) is 13.0 Å². The Kier molecular flexibility index (Phi) is 7.24. The van der Waals surface area contributed by atoms with Gasteiger partial charge in [-0.1, -0.05) is 13.8 Å². The molecule has 1 fully saturated rings. The molecule has 1 aliphatic carbocycles. The van der Waals surface area contributed by atoms with Gasteiger partial charge in [0.25, 0.3) is 0 Å². The molecule has 0 bridgehead atoms. The van der Waals surface area contributed by atoms with Gasteiger partial charge in [-0.3, -0.25) is 4.79 Å². The number of hydrogen-bond donors (Lipinski definition) is 2. The van der Waals surface area contributed by atoms with E-state index in [0.717, 1.165) is 5.39 Å². The van der Waals surface area contributed by atoms with E-state index in [9.17, 15) is 19.8 Å². The standard InChI is InChI=1S/C26H36O7/c1-17(27)32-22-11-13-26(5,30)21(24(22,2)3)10-12-25(4,29)14-15-31-19-8-6-18-7-9-23(28)33-20(18)16-19/h6-9,16,21-22,29-30H,10-15H2,1-5H3/t21-,22+,25+,26+/m0/s1. The predicted octanol–water partition coefficient (Wildman–Crippen LogP) is 4.21. The van der Waals surface area contributed by atoms with E-state index in [0.29, 0.717) is 43.4 Å². The largest absolute Gasteiger partial charge is 0.493 e. The number of rotatable bonds is 8. The molecule has 0 saturated heterocycles. The van der Waals surface area contributed by atoms with Crippen LogP contribution < -0.4 is 10.4 Å². The molecule has 0 spiro atoms. The van der Waals surface area contributed by atoms with Crippen molar-refractivity contribution in [3.8, 4) is 5.75 Å². The van der Waals surface area contributed by atoms with Crippen molar-refractivity contribution in [2.45, 2.75) is 84.0 Å². The number of benzene rings is 1. The molecule has 7 nitrogen and oxygen atoms in total. The highest BCUT2D eigenvalue weighted by Crippen LogP contribution is 2.50. The Labute approximate surface area is 194 Å². The van der Waals surface area contributed by atoms with Crippen molar-refractivity contribution in [2.24, 2.45) is 11.3 Å². The summed E-state index contributed by atoms with van der Waals surface area (Å²) in [4.78, 5) is 23.0. The van der Waals surface area contributed by atoms with Crippen molar-refractivity contribution in [3.05, 3.63) is 40.8 Å². The first-order chi connectivity index (χ1) is 15.3. The number of carbonyl (C=O) groups is 1. The van der Waals surface area contributed by atoms with Crippen LogP contribution in [0.3, 0.4) is 0 Å². The minimum absolute atomic E-state index is 0.140. The van der Waals surface area contributed by atoms with Gasteiger partial charge in [0.2, 0.25) is 0 Å². The molecule has 1 aliphatic rings. The average molecular weight is 461 g/mol. The summed E-state index contributed by atoms with van der Waals surface area (Å²) in [5.41, 5.74) is -2.28. The van der Waals surface area contributed by atoms with Crippen LogP contribution in [0, 0.1) is 11.3 Å². The Balaban J connectivity index is 1.59. The summed E-state index contributed by atoms with van der Waals surface area (Å²) in [7, 11) is 0. The summed E-state index contributed by atoms with van der Waals surface area (Å²) in [6.45, 7) is 9.34. The number of ether oxygens (including phenoxy) is 2. The van der Waals surface area contributed by atoms with Gasteiger partial charge < -0.3 is 24.1 Å². The molecule has 1 aromatic heterocycles. The van der Waals surface area contributed by atoms with Crippen LogP contribution in [0.2, 0.25) is 0 Å². The van der Waals surface area contributed by atoms with Crippen molar-refractivity contribution < 1.29 is 28.9 Å². The average Bonchev–Trinajstić information content (AvgIpc) is 2.69. The lowest BCUT2D eigenvalue weighted by Gasteiger charge is -2.52. The van der Waals surface area contributed by atoms with E-state index >= 15 is 0 Å². The molecule has 1 saturated carbocycles. The fraction of sp³-hybridized carbons (Fsp3) is 0.615. The molecule has 3 rings (SSSR count). The fourth-order valence-electron chi connectivity index (χ4n) is 5.19. The van der Waals surface area contributed by atoms with Crippen LogP contribution in [0.1, 0.15) is 66.7 Å². The molecule has 0 radical (unpaired) electrons. The molecule has 2 N–H and O–H groups in total. The molecular formula is C26H36O7. The third kappa shape index (κ3) is 6.15. The van der Waals surface area contributed by atoms with E-state index in [2.05, 4.69) is 0 Å². The first-order valence-corrected chi connectivity index (χ1v) is 11.6. The Hall–Kier alpha value is -2.38. The lowest BCUT2D eigenvalue weighted by Crippen LogP contribution is -2.55. The summed E-state index contributed by atoms with van der Waals surface area (Å²) in [6.07, 6.45) is 2.36. The normalized spacial score (nSPS) is 26.5. The van der Waals surface area contributed by atoms with Crippen LogP contribution in [0.4, 0.5) is 0 Å². The van der Waals surface area contributed by atoms with Gasteiger partial charge in [0, 0.05) is 36.3 Å². The second-order valence-electron chi connectivity index (χ2n) is 10.5. The molecule has 0 aliphatic heterocycles. The number of carbonyl (C=O) groups excluding carboxylic acids is 1. The van der Waals surface area contributed by atoms with Gasteiger partial charge in [-0.15, -0.1) is 0 Å². The van der Waals surface area contributed by atoms with Crippen LogP contribution in [0.25, 0.3) is 11.0 Å². The summed E-state index contributed by atoms with van der Waals surface area (Å²) < 4.78 is 16.5. The topological polar surface area (TPSA) is 106 Å². The quantitative estimate of drug-likeness (QED) is 0.449. The zero-order valence-electron chi connectivity index (χ0n) is 20.2. The molecule has 1 aromatic carbocycles. The third-order valence-electron chi connectivity index (χ3n) is 7.18. The van der Waals surface area contributed by atoms with E-state index < -0.39 is 22.2 Å². The summed E-state index contributed by atoms with van der Waals surface area (Å²) >= 11 is 0. The second-order valence-corrected chi connectivity index (χ2v) is 10.5. The maximum atomic E-state index is 11.5. The predicted molar refractivity (Wildman–Crippen MR) is 125 cm³/mol. The van der Waals surface area contributed by atoms with Gasteiger partial charge in [0.15, 0.2) is 0 Å². The van der Waals surface area contributed by atoms with Crippen molar-refractivity contribution in [3.63, 3.8) is 0 Å². The smallest absolute Gasteiger partial charge is 0.336 e. The van der Waals surface area contributed by atoms with E-state index in [-0.39, 0.29) is 24.6 Å². The minimum atomic E-state index is -0.996. The maximum absolute atomic E-state index is 11.5. The molecule has 0 amide bonds. The molecule has 1 heterocycles. The van der Waals surface area contributed by atoms with E-state index in [1.54, 1.807) is 25.1 Å². The lowest BCUT2D eigenvalue weighted by molar-refractivity contribution is -0.182. The Morgan fingerprint density at radius 2 is 1.91 bits per heavy atom. The van der Waals surface area contributed by atoms with Crippen molar-refractivity contribution in [1.82, 2.24) is 0 Å². The van der Waals surface area contributed by atoms with Crippen LogP contribution in [-0.2, 0) is 9.53 Å². The molecule has 33 heavy (non-hydrogen) atoms. The van der Waals surface area contributed by atoms with Gasteiger partial charge in [0.1, 0.15) is 17.4 Å². The molecular weight excluding hydrogens is 424 g/mol. The van der Waals surface area contributed by atoms with Crippen molar-refractivity contribution in [2.75, 3.05) is 6.61 Å². The molecule has 182 valence electrons. The SMILES string of the molecule is CC(=O)O[C@@H]1CC[C@@](C)(O)[C@@H](CC[C@@](C)(O)CCOc2ccc3ccc(=O)oc3c2)C1(C)C. The number of hydrogen-bond acceptors (Lipinski definition) is 7. The highest BCUT2D eigenvalue weighted by Gasteiger charge is 2.52. The van der Waals surface area contributed by atoms with Crippen molar-refractivity contribution in [1.29, 1.82) is 0 Å². The zero-order chi connectivity index (χ0) is 24.4. The van der Waals surface area contributed by atoms with Gasteiger partial charge >= 0.3 is 11.6 Å². The highest BCUT2D eigenvalue weighted by atomic mass is 16.5. The maximum Gasteiger partial charge on any atom is 0.336 e. The van der Waals surface area contributed by atoms with Crippen LogP contribution in [0.5, 0.6) is 5.75 Å².